The molecular weight excluding hydrogens is 342 g/mol. The number of hydrogen-bond acceptors (Lipinski definition) is 4. The van der Waals surface area contributed by atoms with Crippen LogP contribution in [0.3, 0.4) is 0 Å². The first-order chi connectivity index (χ1) is 13.1. The second kappa shape index (κ2) is 6.72. The van der Waals surface area contributed by atoms with Gasteiger partial charge in [0, 0.05) is 31.4 Å². The standard InChI is InChI=1S/C21H19N3O3/c1-14-13-23(21(26)20-6-4-10-27-20)19-11-16(17-5-3-9-22-12-17)7-8-18(19)24(14)15(2)25/h3-12,14H,13H2,1-2H3. The highest BCUT2D eigenvalue weighted by Crippen LogP contribution is 2.39. The largest absolute Gasteiger partial charge is 0.459 e. The summed E-state index contributed by atoms with van der Waals surface area (Å²) in [5, 5.41) is 0. The fourth-order valence-electron chi connectivity index (χ4n) is 3.54. The van der Waals surface area contributed by atoms with Crippen molar-refractivity contribution in [2.75, 3.05) is 16.3 Å². The summed E-state index contributed by atoms with van der Waals surface area (Å²) in [5.41, 5.74) is 3.27. The van der Waals surface area contributed by atoms with E-state index in [1.165, 1.54) is 6.26 Å². The van der Waals surface area contributed by atoms with Crippen LogP contribution in [0, 0.1) is 0 Å². The summed E-state index contributed by atoms with van der Waals surface area (Å²) in [7, 11) is 0. The Morgan fingerprint density at radius 3 is 2.63 bits per heavy atom. The van der Waals surface area contributed by atoms with Gasteiger partial charge in [-0.25, -0.2) is 0 Å². The number of carbonyl (C=O) groups is 2. The normalized spacial score (nSPS) is 16.1. The molecule has 1 aromatic carbocycles. The van der Waals surface area contributed by atoms with Crippen LogP contribution in [0.2, 0.25) is 0 Å². The lowest BCUT2D eigenvalue weighted by atomic mass is 10.0. The van der Waals surface area contributed by atoms with Crippen molar-refractivity contribution in [1.29, 1.82) is 0 Å². The highest BCUT2D eigenvalue weighted by molar-refractivity contribution is 6.10. The van der Waals surface area contributed by atoms with Crippen molar-refractivity contribution in [2.24, 2.45) is 0 Å². The van der Waals surface area contributed by atoms with Gasteiger partial charge in [0.05, 0.1) is 23.7 Å². The van der Waals surface area contributed by atoms with Crippen LogP contribution >= 0.6 is 0 Å². The van der Waals surface area contributed by atoms with E-state index in [1.807, 2.05) is 37.3 Å². The van der Waals surface area contributed by atoms with Gasteiger partial charge in [-0.1, -0.05) is 12.1 Å². The minimum absolute atomic E-state index is 0.0528. The van der Waals surface area contributed by atoms with Crippen LogP contribution in [0.25, 0.3) is 11.1 Å². The fourth-order valence-corrected chi connectivity index (χ4v) is 3.54. The lowest BCUT2D eigenvalue weighted by Crippen LogP contribution is -2.51. The average molecular weight is 361 g/mol. The number of benzene rings is 1. The summed E-state index contributed by atoms with van der Waals surface area (Å²) >= 11 is 0. The number of fused-ring (bicyclic) bond motifs is 1. The molecule has 27 heavy (non-hydrogen) atoms. The molecule has 0 aliphatic carbocycles. The van der Waals surface area contributed by atoms with Gasteiger partial charge in [-0.3, -0.25) is 14.6 Å². The number of aromatic nitrogens is 1. The first kappa shape index (κ1) is 17.0. The molecule has 0 radical (unpaired) electrons. The van der Waals surface area contributed by atoms with E-state index in [9.17, 15) is 9.59 Å². The van der Waals surface area contributed by atoms with E-state index in [1.54, 1.807) is 41.2 Å². The number of rotatable bonds is 2. The van der Waals surface area contributed by atoms with Crippen molar-refractivity contribution < 1.29 is 14.0 Å². The van der Waals surface area contributed by atoms with E-state index in [-0.39, 0.29) is 23.6 Å². The molecule has 3 aromatic rings. The molecule has 0 saturated heterocycles. The molecule has 0 saturated carbocycles. The lowest BCUT2D eigenvalue weighted by molar-refractivity contribution is -0.117. The molecule has 3 heterocycles. The molecular formula is C21H19N3O3. The molecule has 1 aliphatic heterocycles. The molecule has 0 bridgehead atoms. The van der Waals surface area contributed by atoms with Gasteiger partial charge in [0.25, 0.3) is 5.91 Å². The van der Waals surface area contributed by atoms with E-state index in [0.29, 0.717) is 17.9 Å². The number of anilines is 2. The number of furan rings is 1. The van der Waals surface area contributed by atoms with Gasteiger partial charge in [-0.15, -0.1) is 0 Å². The van der Waals surface area contributed by atoms with Crippen molar-refractivity contribution >= 4 is 23.2 Å². The third kappa shape index (κ3) is 2.99. The minimum Gasteiger partial charge on any atom is -0.459 e. The Balaban J connectivity index is 1.85. The molecule has 2 amide bonds. The maximum atomic E-state index is 13.0. The SMILES string of the molecule is CC(=O)N1c2ccc(-c3cccnc3)cc2N(C(=O)c2ccco2)CC1C. The van der Waals surface area contributed by atoms with Gasteiger partial charge < -0.3 is 14.2 Å². The Kier molecular flexibility index (Phi) is 4.24. The van der Waals surface area contributed by atoms with E-state index >= 15 is 0 Å². The molecule has 0 spiro atoms. The second-order valence-corrected chi connectivity index (χ2v) is 6.58. The topological polar surface area (TPSA) is 66.7 Å². The summed E-state index contributed by atoms with van der Waals surface area (Å²) in [5.74, 6) is -0.00109. The van der Waals surface area contributed by atoms with Gasteiger partial charge >= 0.3 is 0 Å². The fraction of sp³-hybridized carbons (Fsp3) is 0.190. The quantitative estimate of drug-likeness (QED) is 0.697. The van der Waals surface area contributed by atoms with Gasteiger partial charge in [-0.2, -0.15) is 0 Å². The summed E-state index contributed by atoms with van der Waals surface area (Å²) in [6, 6.07) is 12.8. The summed E-state index contributed by atoms with van der Waals surface area (Å²) in [6.45, 7) is 3.86. The van der Waals surface area contributed by atoms with E-state index in [0.717, 1.165) is 11.1 Å². The zero-order valence-corrected chi connectivity index (χ0v) is 15.1. The van der Waals surface area contributed by atoms with Gasteiger partial charge in [-0.05, 0) is 42.8 Å². The van der Waals surface area contributed by atoms with Crippen molar-refractivity contribution in [3.63, 3.8) is 0 Å². The van der Waals surface area contributed by atoms with Crippen molar-refractivity contribution in [3.05, 3.63) is 66.9 Å². The van der Waals surface area contributed by atoms with Gasteiger partial charge in [0.2, 0.25) is 5.91 Å². The average Bonchev–Trinajstić information content (AvgIpc) is 3.21. The third-order valence-corrected chi connectivity index (χ3v) is 4.72. The highest BCUT2D eigenvalue weighted by Gasteiger charge is 2.34. The minimum atomic E-state index is -0.223. The summed E-state index contributed by atoms with van der Waals surface area (Å²) < 4.78 is 5.31. The van der Waals surface area contributed by atoms with E-state index < -0.39 is 0 Å². The molecule has 2 aromatic heterocycles. The Morgan fingerprint density at radius 2 is 1.96 bits per heavy atom. The number of amides is 2. The van der Waals surface area contributed by atoms with Crippen LogP contribution in [-0.4, -0.2) is 29.4 Å². The number of pyridine rings is 1. The van der Waals surface area contributed by atoms with E-state index in [2.05, 4.69) is 4.98 Å². The monoisotopic (exact) mass is 361 g/mol. The molecule has 0 N–H and O–H groups in total. The van der Waals surface area contributed by atoms with Crippen LogP contribution in [0.5, 0.6) is 0 Å². The van der Waals surface area contributed by atoms with E-state index in [4.69, 9.17) is 4.42 Å². The number of hydrogen-bond donors (Lipinski definition) is 0. The second-order valence-electron chi connectivity index (χ2n) is 6.58. The van der Waals surface area contributed by atoms with Crippen LogP contribution < -0.4 is 9.80 Å². The highest BCUT2D eigenvalue weighted by atomic mass is 16.3. The predicted octanol–water partition coefficient (Wildman–Crippen LogP) is 3.74. The van der Waals surface area contributed by atoms with Crippen molar-refractivity contribution in [2.45, 2.75) is 19.9 Å². The Hall–Kier alpha value is -3.41. The molecule has 6 heteroatoms. The molecule has 1 aliphatic rings. The van der Waals surface area contributed by atoms with Crippen molar-refractivity contribution in [1.82, 2.24) is 4.98 Å². The van der Waals surface area contributed by atoms with Crippen LogP contribution in [0.15, 0.2) is 65.5 Å². The van der Waals surface area contributed by atoms with Crippen LogP contribution in [0.1, 0.15) is 24.4 Å². The molecule has 1 unspecified atom stereocenters. The molecule has 4 rings (SSSR count). The molecule has 136 valence electrons. The first-order valence-electron chi connectivity index (χ1n) is 8.76. The smallest absolute Gasteiger partial charge is 0.294 e. The molecule has 0 fully saturated rings. The molecule has 6 nitrogen and oxygen atoms in total. The Morgan fingerprint density at radius 1 is 1.11 bits per heavy atom. The van der Waals surface area contributed by atoms with Crippen LogP contribution in [-0.2, 0) is 4.79 Å². The molecule has 1 atom stereocenters. The maximum Gasteiger partial charge on any atom is 0.294 e. The summed E-state index contributed by atoms with van der Waals surface area (Å²) in [6.07, 6.45) is 4.97. The van der Waals surface area contributed by atoms with Crippen molar-refractivity contribution in [3.8, 4) is 11.1 Å². The number of nitrogens with zero attached hydrogens (tertiary/aromatic N) is 3. The third-order valence-electron chi connectivity index (χ3n) is 4.72. The Bertz CT molecular complexity index is 983. The van der Waals surface area contributed by atoms with Gasteiger partial charge in [0.15, 0.2) is 5.76 Å². The Labute approximate surface area is 157 Å². The van der Waals surface area contributed by atoms with Crippen LogP contribution in [0.4, 0.5) is 11.4 Å². The lowest BCUT2D eigenvalue weighted by Gasteiger charge is -2.40. The summed E-state index contributed by atoms with van der Waals surface area (Å²) in [4.78, 5) is 32.8. The zero-order chi connectivity index (χ0) is 19.0. The predicted molar refractivity (Wildman–Crippen MR) is 103 cm³/mol. The van der Waals surface area contributed by atoms with Gasteiger partial charge in [0.1, 0.15) is 0 Å². The maximum absolute atomic E-state index is 13.0. The first-order valence-corrected chi connectivity index (χ1v) is 8.76. The zero-order valence-electron chi connectivity index (χ0n) is 15.1. The number of carbonyl (C=O) groups excluding carboxylic acids is 2.